The summed E-state index contributed by atoms with van der Waals surface area (Å²) in [6, 6.07) is 0.139. The Hall–Kier alpha value is -0.170. The van der Waals surface area contributed by atoms with Crippen LogP contribution in [0.4, 0.5) is 0 Å². The molecule has 0 aromatic rings. The summed E-state index contributed by atoms with van der Waals surface area (Å²) in [5.41, 5.74) is 1.03. The van der Waals surface area contributed by atoms with Crippen LogP contribution in [0.1, 0.15) is 6.92 Å². The van der Waals surface area contributed by atoms with Crippen LogP contribution in [0.15, 0.2) is 24.4 Å². The van der Waals surface area contributed by atoms with Gasteiger partial charge in [0.1, 0.15) is 0 Å². The minimum atomic E-state index is -0.0218. The van der Waals surface area contributed by atoms with Crippen LogP contribution in [0.25, 0.3) is 0 Å². The molecule has 0 saturated heterocycles. The van der Waals surface area contributed by atoms with Gasteiger partial charge in [0.2, 0.25) is 5.91 Å². The second-order valence-corrected chi connectivity index (χ2v) is 6.30. The average Bonchev–Trinajstić information content (AvgIpc) is 2.24. The van der Waals surface area contributed by atoms with Gasteiger partial charge in [0.25, 0.3) is 0 Å². The highest BCUT2D eigenvalue weighted by Crippen LogP contribution is 2.16. The zero-order chi connectivity index (χ0) is 12.0. The third kappa shape index (κ3) is 5.25. The van der Waals surface area contributed by atoms with Crippen molar-refractivity contribution in [3.63, 3.8) is 0 Å². The highest BCUT2D eigenvalue weighted by atomic mass is 127. The van der Waals surface area contributed by atoms with Crippen molar-refractivity contribution in [1.82, 2.24) is 10.6 Å². The number of carbonyl (C=O) groups is 1. The molecule has 2 atom stereocenters. The van der Waals surface area contributed by atoms with Crippen LogP contribution in [0, 0.1) is 0 Å². The van der Waals surface area contributed by atoms with Crippen LogP contribution in [0.5, 0.6) is 0 Å². The van der Waals surface area contributed by atoms with Gasteiger partial charge < -0.3 is 10.6 Å². The molecule has 16 heavy (non-hydrogen) atoms. The van der Waals surface area contributed by atoms with Crippen LogP contribution in [-0.2, 0) is 4.79 Å². The summed E-state index contributed by atoms with van der Waals surface area (Å²) in [7, 11) is 0. The molecule has 1 aliphatic heterocycles. The van der Waals surface area contributed by atoms with E-state index in [2.05, 4.69) is 39.8 Å². The maximum Gasteiger partial charge on any atom is 0.243 e. The molecule has 0 bridgehead atoms. The van der Waals surface area contributed by atoms with Crippen LogP contribution < -0.4 is 10.6 Å². The van der Waals surface area contributed by atoms with Crippen LogP contribution in [0.2, 0.25) is 0 Å². The monoisotopic (exact) mass is 352 g/mol. The Labute approximate surface area is 115 Å². The maximum atomic E-state index is 11.3. The molecule has 0 saturated carbocycles. The lowest BCUT2D eigenvalue weighted by atomic mass is 10.2. The molecule has 0 aromatic carbocycles. The number of amides is 1. The summed E-state index contributed by atoms with van der Waals surface area (Å²) in [6.45, 7) is 6.77. The highest BCUT2D eigenvalue weighted by molar-refractivity contribution is 14.1. The van der Waals surface area contributed by atoms with Gasteiger partial charge in [0.05, 0.1) is 3.92 Å². The molecule has 0 spiro atoms. The van der Waals surface area contributed by atoms with E-state index in [1.165, 1.54) is 0 Å². The smallest absolute Gasteiger partial charge is 0.243 e. The number of halogens is 1. The molecule has 1 amide bonds. The van der Waals surface area contributed by atoms with E-state index in [4.69, 9.17) is 0 Å². The van der Waals surface area contributed by atoms with Crippen molar-refractivity contribution in [1.29, 1.82) is 0 Å². The molecule has 0 radical (unpaired) electrons. The first kappa shape index (κ1) is 13.9. The molecule has 1 rings (SSSR count). The van der Waals surface area contributed by atoms with Gasteiger partial charge in [0, 0.05) is 35.9 Å². The summed E-state index contributed by atoms with van der Waals surface area (Å²) >= 11 is 4.23. The van der Waals surface area contributed by atoms with E-state index in [1.807, 2.05) is 24.8 Å². The summed E-state index contributed by atoms with van der Waals surface area (Å²) in [5, 5.41) is 6.13. The molecular weight excluding hydrogens is 335 g/mol. The number of hydrogen-bond acceptors (Lipinski definition) is 3. The van der Waals surface area contributed by atoms with E-state index in [9.17, 15) is 4.79 Å². The Morgan fingerprint density at radius 1 is 1.62 bits per heavy atom. The van der Waals surface area contributed by atoms with Gasteiger partial charge in [-0.3, -0.25) is 4.79 Å². The van der Waals surface area contributed by atoms with E-state index in [0.717, 1.165) is 23.7 Å². The molecule has 1 aliphatic rings. The Morgan fingerprint density at radius 3 is 3.12 bits per heavy atom. The molecule has 1 heterocycles. The SMILES string of the molecule is C=C1N[C@@H](C)/C=C/C(=O)NCCSC[C@@H]1I. The first-order chi connectivity index (χ1) is 7.59. The van der Waals surface area contributed by atoms with Crippen LogP contribution in [0.3, 0.4) is 0 Å². The summed E-state index contributed by atoms with van der Waals surface area (Å²) in [5.74, 6) is 1.95. The highest BCUT2D eigenvalue weighted by Gasteiger charge is 2.11. The predicted molar refractivity (Wildman–Crippen MR) is 79.0 cm³/mol. The Bertz CT molecular complexity index is 294. The second-order valence-electron chi connectivity index (χ2n) is 3.65. The lowest BCUT2D eigenvalue weighted by Gasteiger charge is -2.19. The largest absolute Gasteiger partial charge is 0.382 e. The van der Waals surface area contributed by atoms with Gasteiger partial charge in [-0.15, -0.1) is 0 Å². The lowest BCUT2D eigenvalue weighted by Crippen LogP contribution is -2.30. The van der Waals surface area contributed by atoms with Crippen LogP contribution >= 0.6 is 34.4 Å². The Balaban J connectivity index is 2.61. The molecule has 0 aromatic heterocycles. The average molecular weight is 352 g/mol. The Morgan fingerprint density at radius 2 is 2.38 bits per heavy atom. The van der Waals surface area contributed by atoms with E-state index in [1.54, 1.807) is 6.08 Å². The zero-order valence-electron chi connectivity index (χ0n) is 9.33. The predicted octanol–water partition coefficient (Wildman–Crippen LogP) is 1.70. The normalized spacial score (nSPS) is 30.6. The number of rotatable bonds is 0. The van der Waals surface area contributed by atoms with E-state index < -0.39 is 0 Å². The number of nitrogens with one attached hydrogen (secondary N) is 2. The number of allylic oxidation sites excluding steroid dienone is 1. The zero-order valence-corrected chi connectivity index (χ0v) is 12.3. The molecular formula is C11H17IN2OS. The van der Waals surface area contributed by atoms with E-state index in [0.29, 0.717) is 3.92 Å². The number of hydrogen-bond donors (Lipinski definition) is 2. The summed E-state index contributed by atoms with van der Waals surface area (Å²) in [6.07, 6.45) is 3.44. The van der Waals surface area contributed by atoms with Crippen molar-refractivity contribution in [2.45, 2.75) is 16.9 Å². The maximum absolute atomic E-state index is 11.3. The van der Waals surface area contributed by atoms with Crippen molar-refractivity contribution in [3.8, 4) is 0 Å². The molecule has 0 unspecified atom stereocenters. The fourth-order valence-corrected chi connectivity index (χ4v) is 3.02. The number of thioether (sulfide) groups is 1. The van der Waals surface area contributed by atoms with Crippen LogP contribution in [-0.4, -0.2) is 33.9 Å². The fourth-order valence-electron chi connectivity index (χ4n) is 1.26. The van der Waals surface area contributed by atoms with Gasteiger partial charge >= 0.3 is 0 Å². The van der Waals surface area contributed by atoms with Crippen molar-refractivity contribution in [2.75, 3.05) is 18.1 Å². The van der Waals surface area contributed by atoms with Crippen molar-refractivity contribution < 1.29 is 4.79 Å². The van der Waals surface area contributed by atoms with Gasteiger partial charge in [-0.1, -0.05) is 35.2 Å². The van der Waals surface area contributed by atoms with Crippen molar-refractivity contribution in [3.05, 3.63) is 24.4 Å². The first-order valence-electron chi connectivity index (χ1n) is 5.23. The van der Waals surface area contributed by atoms with Gasteiger partial charge in [0.15, 0.2) is 0 Å². The lowest BCUT2D eigenvalue weighted by molar-refractivity contribution is -0.116. The fraction of sp³-hybridized carbons (Fsp3) is 0.545. The minimum Gasteiger partial charge on any atom is -0.382 e. The first-order valence-corrected chi connectivity index (χ1v) is 7.63. The van der Waals surface area contributed by atoms with Crippen molar-refractivity contribution >= 4 is 40.3 Å². The third-order valence-corrected chi connectivity index (χ3v) is 4.99. The molecule has 0 aliphatic carbocycles. The van der Waals surface area contributed by atoms with E-state index >= 15 is 0 Å². The third-order valence-electron chi connectivity index (χ3n) is 2.14. The second kappa shape index (κ2) is 7.21. The number of carbonyl (C=O) groups excluding carboxylic acids is 1. The Kier molecular flexibility index (Phi) is 6.26. The van der Waals surface area contributed by atoms with Gasteiger partial charge in [-0.25, -0.2) is 0 Å². The molecule has 0 fully saturated rings. The molecule has 5 heteroatoms. The summed E-state index contributed by atoms with van der Waals surface area (Å²) in [4.78, 5) is 11.3. The molecule has 3 nitrogen and oxygen atoms in total. The van der Waals surface area contributed by atoms with Crippen molar-refractivity contribution in [2.24, 2.45) is 0 Å². The topological polar surface area (TPSA) is 41.1 Å². The quantitative estimate of drug-likeness (QED) is 0.515. The molecule has 2 N–H and O–H groups in total. The molecule has 90 valence electrons. The minimum absolute atomic E-state index is 0.0218. The number of alkyl halides is 1. The van der Waals surface area contributed by atoms with Gasteiger partial charge in [-0.2, -0.15) is 11.8 Å². The van der Waals surface area contributed by atoms with Gasteiger partial charge in [-0.05, 0) is 6.92 Å². The summed E-state index contributed by atoms with van der Waals surface area (Å²) < 4.78 is 0.425. The van der Waals surface area contributed by atoms with E-state index in [-0.39, 0.29) is 11.9 Å². The standard InChI is InChI=1S/C11H17IN2OS/c1-8-3-4-11(15)13-5-6-16-7-10(12)9(2)14-8/h3-4,8,10,14H,2,5-7H2,1H3,(H,13,15)/b4-3+/t8-,10-/m0/s1.